The Labute approximate surface area is 116 Å². The monoisotopic (exact) mass is 259 g/mol. The van der Waals surface area contributed by atoms with Crippen LogP contribution in [0.5, 0.6) is 5.75 Å². The summed E-state index contributed by atoms with van der Waals surface area (Å²) in [6.45, 7) is 3.41. The highest BCUT2D eigenvalue weighted by molar-refractivity contribution is 5.37. The molecule has 0 bridgehead atoms. The van der Waals surface area contributed by atoms with Crippen LogP contribution in [0.3, 0.4) is 0 Å². The maximum atomic E-state index is 6.06. The van der Waals surface area contributed by atoms with Gasteiger partial charge < -0.3 is 10.1 Å². The van der Waals surface area contributed by atoms with Crippen molar-refractivity contribution >= 4 is 0 Å². The van der Waals surface area contributed by atoms with E-state index < -0.39 is 0 Å². The summed E-state index contributed by atoms with van der Waals surface area (Å²) in [5.74, 6) is 1.97. The SMILES string of the molecule is CCCNC1CCC(CC2Cc3ccccc3O2)C1. The van der Waals surface area contributed by atoms with E-state index in [9.17, 15) is 0 Å². The van der Waals surface area contributed by atoms with Gasteiger partial charge in [0.15, 0.2) is 0 Å². The lowest BCUT2D eigenvalue weighted by Gasteiger charge is -2.16. The van der Waals surface area contributed by atoms with Gasteiger partial charge in [-0.05, 0) is 56.2 Å². The highest BCUT2D eigenvalue weighted by Crippen LogP contribution is 2.35. The molecule has 1 heterocycles. The molecule has 1 aromatic rings. The van der Waals surface area contributed by atoms with E-state index in [1.54, 1.807) is 0 Å². The number of rotatable bonds is 5. The number of hydrogen-bond acceptors (Lipinski definition) is 2. The van der Waals surface area contributed by atoms with Crippen molar-refractivity contribution in [3.63, 3.8) is 0 Å². The highest BCUT2D eigenvalue weighted by Gasteiger charge is 2.30. The van der Waals surface area contributed by atoms with E-state index in [1.807, 2.05) is 0 Å². The van der Waals surface area contributed by atoms with Crippen LogP contribution in [0.2, 0.25) is 0 Å². The minimum atomic E-state index is 0.423. The Morgan fingerprint density at radius 2 is 2.16 bits per heavy atom. The van der Waals surface area contributed by atoms with Crippen LogP contribution in [0, 0.1) is 5.92 Å². The van der Waals surface area contributed by atoms with E-state index in [1.165, 1.54) is 44.2 Å². The van der Waals surface area contributed by atoms with Gasteiger partial charge in [0.05, 0.1) is 0 Å². The summed E-state index contributed by atoms with van der Waals surface area (Å²) in [6, 6.07) is 9.26. The molecular weight excluding hydrogens is 234 g/mol. The Bertz CT molecular complexity index is 392. The maximum absolute atomic E-state index is 6.06. The average Bonchev–Trinajstić information content (AvgIpc) is 3.02. The molecule has 19 heavy (non-hydrogen) atoms. The quantitative estimate of drug-likeness (QED) is 0.873. The lowest BCUT2D eigenvalue weighted by molar-refractivity contribution is 0.193. The standard InChI is InChI=1S/C17H25NO/c1-2-9-18-15-8-7-13(10-15)11-16-12-14-5-3-4-6-17(14)19-16/h3-6,13,15-16,18H,2,7-12H2,1H3. The van der Waals surface area contributed by atoms with Crippen LogP contribution >= 0.6 is 0 Å². The smallest absolute Gasteiger partial charge is 0.123 e. The molecule has 1 aromatic carbocycles. The molecule has 3 atom stereocenters. The van der Waals surface area contributed by atoms with Gasteiger partial charge in [0.2, 0.25) is 0 Å². The number of fused-ring (bicyclic) bond motifs is 1. The first-order valence-electron chi connectivity index (χ1n) is 7.83. The van der Waals surface area contributed by atoms with Gasteiger partial charge in [0, 0.05) is 12.5 Å². The fourth-order valence-corrected chi connectivity index (χ4v) is 3.58. The summed E-state index contributed by atoms with van der Waals surface area (Å²) >= 11 is 0. The van der Waals surface area contributed by atoms with Crippen molar-refractivity contribution in [2.24, 2.45) is 5.92 Å². The largest absolute Gasteiger partial charge is 0.490 e. The second kappa shape index (κ2) is 5.96. The van der Waals surface area contributed by atoms with Gasteiger partial charge >= 0.3 is 0 Å². The molecule has 1 aliphatic carbocycles. The molecule has 0 aromatic heterocycles. The summed E-state index contributed by atoms with van der Waals surface area (Å²) in [5, 5.41) is 3.66. The molecule has 0 amide bonds. The second-order valence-corrected chi connectivity index (χ2v) is 6.12. The summed E-state index contributed by atoms with van der Waals surface area (Å²) in [5.41, 5.74) is 1.39. The van der Waals surface area contributed by atoms with Gasteiger partial charge in [0.25, 0.3) is 0 Å². The predicted octanol–water partition coefficient (Wildman–Crippen LogP) is 3.55. The van der Waals surface area contributed by atoms with Crippen molar-refractivity contribution in [1.29, 1.82) is 0 Å². The Morgan fingerprint density at radius 3 is 3.00 bits per heavy atom. The van der Waals surface area contributed by atoms with Crippen LogP contribution in [0.4, 0.5) is 0 Å². The molecule has 0 spiro atoms. The summed E-state index contributed by atoms with van der Waals surface area (Å²) < 4.78 is 6.06. The van der Waals surface area contributed by atoms with E-state index in [0.29, 0.717) is 6.10 Å². The first-order valence-corrected chi connectivity index (χ1v) is 7.83. The molecule has 1 saturated carbocycles. The molecule has 0 saturated heterocycles. The molecule has 2 aliphatic rings. The van der Waals surface area contributed by atoms with Gasteiger partial charge in [-0.1, -0.05) is 25.1 Å². The maximum Gasteiger partial charge on any atom is 0.123 e. The van der Waals surface area contributed by atoms with Crippen LogP contribution in [0.15, 0.2) is 24.3 Å². The molecule has 0 radical (unpaired) electrons. The molecular formula is C17H25NO. The van der Waals surface area contributed by atoms with Crippen LogP contribution in [-0.4, -0.2) is 18.7 Å². The zero-order chi connectivity index (χ0) is 13.1. The Morgan fingerprint density at radius 1 is 1.26 bits per heavy atom. The molecule has 3 unspecified atom stereocenters. The molecule has 2 heteroatoms. The Hall–Kier alpha value is -1.02. The molecule has 1 aliphatic heterocycles. The van der Waals surface area contributed by atoms with Crippen molar-refractivity contribution < 1.29 is 4.74 Å². The third kappa shape index (κ3) is 3.11. The average molecular weight is 259 g/mol. The van der Waals surface area contributed by atoms with Crippen LogP contribution < -0.4 is 10.1 Å². The van der Waals surface area contributed by atoms with E-state index in [-0.39, 0.29) is 0 Å². The summed E-state index contributed by atoms with van der Waals surface area (Å²) in [4.78, 5) is 0. The van der Waals surface area contributed by atoms with E-state index in [2.05, 4.69) is 36.5 Å². The molecule has 3 rings (SSSR count). The van der Waals surface area contributed by atoms with Gasteiger partial charge in [-0.2, -0.15) is 0 Å². The molecule has 1 N–H and O–H groups in total. The van der Waals surface area contributed by atoms with Crippen molar-refractivity contribution in [1.82, 2.24) is 5.32 Å². The van der Waals surface area contributed by atoms with E-state index >= 15 is 0 Å². The third-order valence-electron chi connectivity index (χ3n) is 4.53. The number of benzene rings is 1. The van der Waals surface area contributed by atoms with Gasteiger partial charge in [-0.15, -0.1) is 0 Å². The summed E-state index contributed by atoms with van der Waals surface area (Å²) in [6.07, 6.45) is 8.08. The summed E-state index contributed by atoms with van der Waals surface area (Å²) in [7, 11) is 0. The fourth-order valence-electron chi connectivity index (χ4n) is 3.58. The minimum absolute atomic E-state index is 0.423. The Balaban J connectivity index is 1.47. The van der Waals surface area contributed by atoms with Crippen molar-refractivity contribution in [3.8, 4) is 5.75 Å². The lowest BCUT2D eigenvalue weighted by atomic mass is 9.97. The fraction of sp³-hybridized carbons (Fsp3) is 0.647. The number of nitrogens with one attached hydrogen (secondary N) is 1. The first kappa shape index (κ1) is 13.0. The topological polar surface area (TPSA) is 21.3 Å². The van der Waals surface area contributed by atoms with Crippen molar-refractivity contribution in [3.05, 3.63) is 29.8 Å². The normalized spacial score (nSPS) is 29.2. The van der Waals surface area contributed by atoms with Gasteiger partial charge in [-0.3, -0.25) is 0 Å². The number of ether oxygens (including phenoxy) is 1. The predicted molar refractivity (Wildman–Crippen MR) is 78.6 cm³/mol. The van der Waals surface area contributed by atoms with Gasteiger partial charge in [-0.25, -0.2) is 0 Å². The van der Waals surface area contributed by atoms with E-state index in [0.717, 1.165) is 24.1 Å². The lowest BCUT2D eigenvalue weighted by Crippen LogP contribution is -2.27. The highest BCUT2D eigenvalue weighted by atomic mass is 16.5. The Kier molecular flexibility index (Phi) is 4.07. The number of hydrogen-bond donors (Lipinski definition) is 1. The molecule has 1 fully saturated rings. The van der Waals surface area contributed by atoms with Crippen LogP contribution in [-0.2, 0) is 6.42 Å². The first-order chi connectivity index (χ1) is 9.35. The second-order valence-electron chi connectivity index (χ2n) is 6.12. The minimum Gasteiger partial charge on any atom is -0.490 e. The zero-order valence-corrected chi connectivity index (χ0v) is 11.9. The van der Waals surface area contributed by atoms with Crippen LogP contribution in [0.1, 0.15) is 44.6 Å². The van der Waals surface area contributed by atoms with Crippen molar-refractivity contribution in [2.45, 2.75) is 57.6 Å². The van der Waals surface area contributed by atoms with Crippen molar-refractivity contribution in [2.75, 3.05) is 6.54 Å². The van der Waals surface area contributed by atoms with E-state index in [4.69, 9.17) is 4.74 Å². The van der Waals surface area contributed by atoms with Gasteiger partial charge in [0.1, 0.15) is 11.9 Å². The van der Waals surface area contributed by atoms with Crippen LogP contribution in [0.25, 0.3) is 0 Å². The third-order valence-corrected chi connectivity index (χ3v) is 4.53. The molecule has 2 nitrogen and oxygen atoms in total. The zero-order valence-electron chi connectivity index (χ0n) is 11.9. The number of para-hydroxylation sites is 1. The molecule has 104 valence electrons.